The molecule has 0 amide bonds. The highest BCUT2D eigenvalue weighted by Gasteiger charge is 2.24. The third-order valence-electron chi connectivity index (χ3n) is 6.56. The molecule has 0 fully saturated rings. The second-order valence-electron chi connectivity index (χ2n) is 8.03. The molecule has 7 rings (SSSR count). The standard InChI is InChI=1S/C26H18N3/c1-15-18-7-4-3-6-17(18)14-21-22(15)25-23-16(11-13-28(25)2)9-10-19-20-8-5-12-27-26(20)29(21)24(19)23/h3-14H,1-2H3/q+1. The Kier molecular flexibility index (Phi) is 2.63. The van der Waals surface area contributed by atoms with Crippen LogP contribution in [-0.4, -0.2) is 9.38 Å². The summed E-state index contributed by atoms with van der Waals surface area (Å²) in [6.45, 7) is 2.25. The highest BCUT2D eigenvalue weighted by molar-refractivity contribution is 6.27. The minimum absolute atomic E-state index is 1.03. The van der Waals surface area contributed by atoms with E-state index in [1.165, 1.54) is 59.8 Å². The predicted octanol–water partition coefficient (Wildman–Crippen LogP) is 5.67. The van der Waals surface area contributed by atoms with Gasteiger partial charge in [-0.25, -0.2) is 9.55 Å². The lowest BCUT2D eigenvalue weighted by Crippen LogP contribution is -2.28. The first-order chi connectivity index (χ1) is 14.2. The lowest BCUT2D eigenvalue weighted by Gasteiger charge is -2.14. The van der Waals surface area contributed by atoms with Crippen molar-refractivity contribution in [1.29, 1.82) is 0 Å². The number of pyridine rings is 3. The Balaban J connectivity index is 1.99. The van der Waals surface area contributed by atoms with Gasteiger partial charge in [0.1, 0.15) is 12.7 Å². The highest BCUT2D eigenvalue weighted by atomic mass is 15.0. The van der Waals surface area contributed by atoms with Crippen LogP contribution in [0.3, 0.4) is 0 Å². The maximum Gasteiger partial charge on any atom is 0.224 e. The van der Waals surface area contributed by atoms with Gasteiger partial charge in [-0.2, -0.15) is 0 Å². The first-order valence-electron chi connectivity index (χ1n) is 9.97. The molecule has 4 aromatic heterocycles. The Bertz CT molecular complexity index is 1770. The molecule has 0 bridgehead atoms. The maximum absolute atomic E-state index is 4.81. The van der Waals surface area contributed by atoms with E-state index in [9.17, 15) is 0 Å². The van der Waals surface area contributed by atoms with Gasteiger partial charge in [0.25, 0.3) is 0 Å². The molecule has 0 unspecified atom stereocenters. The van der Waals surface area contributed by atoms with E-state index >= 15 is 0 Å². The first-order valence-corrected chi connectivity index (χ1v) is 9.97. The smallest absolute Gasteiger partial charge is 0.224 e. The van der Waals surface area contributed by atoms with Crippen molar-refractivity contribution in [2.45, 2.75) is 6.92 Å². The summed E-state index contributed by atoms with van der Waals surface area (Å²) in [6, 6.07) is 22.0. The van der Waals surface area contributed by atoms with Crippen molar-refractivity contribution in [1.82, 2.24) is 9.38 Å². The summed E-state index contributed by atoms with van der Waals surface area (Å²) in [6.07, 6.45) is 4.08. The van der Waals surface area contributed by atoms with Crippen molar-refractivity contribution in [3.63, 3.8) is 0 Å². The van der Waals surface area contributed by atoms with Crippen LogP contribution < -0.4 is 4.57 Å². The zero-order valence-corrected chi connectivity index (χ0v) is 16.3. The quantitative estimate of drug-likeness (QED) is 0.191. The van der Waals surface area contributed by atoms with Gasteiger partial charge in [0.05, 0.1) is 21.8 Å². The molecule has 3 nitrogen and oxygen atoms in total. The van der Waals surface area contributed by atoms with E-state index in [1.807, 2.05) is 12.3 Å². The predicted molar refractivity (Wildman–Crippen MR) is 120 cm³/mol. The van der Waals surface area contributed by atoms with Gasteiger partial charge in [0, 0.05) is 23.0 Å². The number of hydrogen-bond donors (Lipinski definition) is 0. The molecule has 7 aromatic rings. The van der Waals surface area contributed by atoms with Crippen molar-refractivity contribution in [3.05, 3.63) is 78.6 Å². The molecule has 136 valence electrons. The monoisotopic (exact) mass is 372 g/mol. The first kappa shape index (κ1) is 15.2. The molecular weight excluding hydrogens is 354 g/mol. The van der Waals surface area contributed by atoms with Crippen molar-refractivity contribution in [2.24, 2.45) is 7.05 Å². The van der Waals surface area contributed by atoms with Gasteiger partial charge in [-0.15, -0.1) is 0 Å². The number of benzene rings is 3. The Labute approximate surface area is 166 Å². The van der Waals surface area contributed by atoms with Crippen LogP contribution in [0.1, 0.15) is 5.56 Å². The number of nitrogens with zero attached hydrogens (tertiary/aromatic N) is 3. The van der Waals surface area contributed by atoms with E-state index in [2.05, 4.69) is 83.7 Å². The molecule has 0 saturated carbocycles. The second-order valence-corrected chi connectivity index (χ2v) is 8.03. The van der Waals surface area contributed by atoms with Gasteiger partial charge in [-0.05, 0) is 46.8 Å². The van der Waals surface area contributed by atoms with Crippen LogP contribution in [0.15, 0.2) is 73.1 Å². The van der Waals surface area contributed by atoms with Gasteiger partial charge in [0.15, 0.2) is 6.20 Å². The molecule has 29 heavy (non-hydrogen) atoms. The topological polar surface area (TPSA) is 21.2 Å². The number of rotatable bonds is 0. The summed E-state index contributed by atoms with van der Waals surface area (Å²) in [4.78, 5) is 4.81. The van der Waals surface area contributed by atoms with E-state index in [0.29, 0.717) is 0 Å². The molecule has 3 aromatic carbocycles. The molecule has 0 spiro atoms. The van der Waals surface area contributed by atoms with E-state index in [4.69, 9.17) is 4.98 Å². The van der Waals surface area contributed by atoms with E-state index in [1.54, 1.807) is 0 Å². The second kappa shape index (κ2) is 5.00. The Hall–Kier alpha value is -3.72. The Morgan fingerprint density at radius 1 is 0.828 bits per heavy atom. The SMILES string of the molecule is Cc1c2ccccc2cc2c1c1c3c(ccc4c5cccnc5n2c43)cc[n+]1C. The summed E-state index contributed by atoms with van der Waals surface area (Å²) >= 11 is 0. The summed E-state index contributed by atoms with van der Waals surface area (Å²) < 4.78 is 4.66. The van der Waals surface area contributed by atoms with E-state index < -0.39 is 0 Å². The fourth-order valence-electron chi connectivity index (χ4n) is 5.30. The van der Waals surface area contributed by atoms with Gasteiger partial charge >= 0.3 is 0 Å². The summed E-state index contributed by atoms with van der Waals surface area (Å²) in [5.74, 6) is 0. The summed E-state index contributed by atoms with van der Waals surface area (Å²) in [5, 5.41) is 8.95. The van der Waals surface area contributed by atoms with Crippen molar-refractivity contribution in [3.8, 4) is 0 Å². The Morgan fingerprint density at radius 3 is 2.62 bits per heavy atom. The third-order valence-corrected chi connectivity index (χ3v) is 6.56. The fourth-order valence-corrected chi connectivity index (χ4v) is 5.30. The summed E-state index contributed by atoms with van der Waals surface area (Å²) in [5.41, 5.74) is 6.14. The van der Waals surface area contributed by atoms with Gasteiger partial charge < -0.3 is 0 Å². The molecule has 4 heterocycles. The maximum atomic E-state index is 4.81. The number of hydrogen-bond acceptors (Lipinski definition) is 1. The van der Waals surface area contributed by atoms with Gasteiger partial charge in [-0.1, -0.05) is 36.4 Å². The molecule has 0 aliphatic rings. The lowest BCUT2D eigenvalue weighted by molar-refractivity contribution is -0.643. The van der Waals surface area contributed by atoms with Crippen LogP contribution in [-0.2, 0) is 7.05 Å². The fraction of sp³-hybridized carbons (Fsp3) is 0.0769. The average molecular weight is 372 g/mol. The van der Waals surface area contributed by atoms with Gasteiger partial charge in [0.2, 0.25) is 5.52 Å². The number of aryl methyl sites for hydroxylation is 2. The zero-order chi connectivity index (χ0) is 19.3. The molecule has 0 radical (unpaired) electrons. The van der Waals surface area contributed by atoms with Crippen molar-refractivity contribution in [2.75, 3.05) is 0 Å². The van der Waals surface area contributed by atoms with Crippen LogP contribution in [0.4, 0.5) is 0 Å². The van der Waals surface area contributed by atoms with Crippen LogP contribution in [0.2, 0.25) is 0 Å². The highest BCUT2D eigenvalue weighted by Crippen LogP contribution is 2.41. The molecule has 3 heteroatoms. The average Bonchev–Trinajstić information content (AvgIpc) is 3.10. The zero-order valence-electron chi connectivity index (χ0n) is 16.3. The van der Waals surface area contributed by atoms with Crippen molar-refractivity contribution >= 4 is 59.9 Å². The Morgan fingerprint density at radius 2 is 1.69 bits per heavy atom. The summed E-state index contributed by atoms with van der Waals surface area (Å²) in [7, 11) is 2.16. The van der Waals surface area contributed by atoms with Crippen molar-refractivity contribution < 1.29 is 4.57 Å². The van der Waals surface area contributed by atoms with Crippen LogP contribution >= 0.6 is 0 Å². The van der Waals surface area contributed by atoms with E-state index in [0.717, 1.165) is 5.65 Å². The molecule has 0 N–H and O–H groups in total. The normalized spacial score (nSPS) is 12.5. The van der Waals surface area contributed by atoms with Crippen LogP contribution in [0.25, 0.3) is 59.9 Å². The largest absolute Gasteiger partial charge is 0.292 e. The minimum Gasteiger partial charge on any atom is -0.292 e. The lowest BCUT2D eigenvalue weighted by atomic mass is 9.96. The molecule has 0 aliphatic heterocycles. The molecule has 0 saturated heterocycles. The van der Waals surface area contributed by atoms with E-state index in [-0.39, 0.29) is 0 Å². The minimum atomic E-state index is 1.03. The molecule has 0 atom stereocenters. The van der Waals surface area contributed by atoms with Crippen LogP contribution in [0, 0.1) is 6.92 Å². The third kappa shape index (κ3) is 1.70. The number of aromatic nitrogens is 3. The van der Waals surface area contributed by atoms with Crippen LogP contribution in [0.5, 0.6) is 0 Å². The molecular formula is C26H18N3+. The van der Waals surface area contributed by atoms with Gasteiger partial charge in [-0.3, -0.25) is 4.40 Å². The molecule has 0 aliphatic carbocycles. The number of fused-ring (bicyclic) bond motifs is 7.